The monoisotopic (exact) mass is 414 g/mol. The predicted molar refractivity (Wildman–Crippen MR) is 99.4 cm³/mol. The highest BCUT2D eigenvalue weighted by Crippen LogP contribution is 2.34. The van der Waals surface area contributed by atoms with Gasteiger partial charge in [-0.2, -0.15) is 0 Å². The number of nitrogens with zero attached hydrogens (tertiary/aromatic N) is 1. The van der Waals surface area contributed by atoms with Crippen LogP contribution in [0.5, 0.6) is 0 Å². The highest BCUT2D eigenvalue weighted by atomic mass is 35.5. The minimum Gasteiger partial charge on any atom is -0.344 e. The van der Waals surface area contributed by atoms with E-state index in [1.54, 1.807) is 19.1 Å². The van der Waals surface area contributed by atoms with E-state index in [9.17, 15) is 13.0 Å². The summed E-state index contributed by atoms with van der Waals surface area (Å²) in [7, 11) is -1.28. The fraction of sp³-hybridized carbons (Fsp3) is 0.167. The fourth-order valence-electron chi connectivity index (χ4n) is 2.78. The quantitative estimate of drug-likeness (QED) is 0.635. The number of hydrogen-bond acceptors (Lipinski definition) is 2. The van der Waals surface area contributed by atoms with Crippen molar-refractivity contribution in [3.8, 4) is 0 Å². The molecular formula is C18H14Cl2F2N2OS. The Bertz CT molecular complexity index is 955. The summed E-state index contributed by atoms with van der Waals surface area (Å²) in [5.41, 5.74) is 1.94. The first kappa shape index (κ1) is 19.0. The second-order valence-corrected chi connectivity index (χ2v) is 7.90. The van der Waals surface area contributed by atoms with Crippen molar-refractivity contribution >= 4 is 34.0 Å². The van der Waals surface area contributed by atoms with Gasteiger partial charge in [-0.05, 0) is 42.3 Å². The third kappa shape index (κ3) is 3.68. The Kier molecular flexibility index (Phi) is 5.46. The summed E-state index contributed by atoms with van der Waals surface area (Å²) in [6.45, 7) is 1.76. The van der Waals surface area contributed by atoms with Crippen molar-refractivity contribution in [1.29, 1.82) is 0 Å². The van der Waals surface area contributed by atoms with Crippen molar-refractivity contribution in [3.63, 3.8) is 0 Å². The van der Waals surface area contributed by atoms with Crippen LogP contribution in [0.1, 0.15) is 28.6 Å². The smallest absolute Gasteiger partial charge is 0.148 e. The second-order valence-electron chi connectivity index (χ2n) is 5.79. The Morgan fingerprint density at radius 1 is 1.04 bits per heavy atom. The number of halogens is 4. The maximum absolute atomic E-state index is 13.6. The molecule has 2 aromatic carbocycles. The van der Waals surface area contributed by atoms with Gasteiger partial charge < -0.3 is 4.98 Å². The molecule has 0 saturated heterocycles. The molecule has 1 atom stereocenters. The molecule has 0 aliphatic heterocycles. The predicted octanol–water partition coefficient (Wildman–Crippen LogP) is 5.22. The molecule has 8 heteroatoms. The van der Waals surface area contributed by atoms with E-state index in [2.05, 4.69) is 9.97 Å². The third-order valence-electron chi connectivity index (χ3n) is 3.96. The van der Waals surface area contributed by atoms with Gasteiger partial charge in [0.15, 0.2) is 0 Å². The van der Waals surface area contributed by atoms with Crippen LogP contribution >= 0.6 is 23.2 Å². The van der Waals surface area contributed by atoms with Gasteiger partial charge in [-0.1, -0.05) is 35.3 Å². The molecule has 1 aromatic heterocycles. The molecule has 3 aromatic rings. The van der Waals surface area contributed by atoms with Crippen LogP contribution < -0.4 is 0 Å². The Balaban J connectivity index is 2.21. The minimum absolute atomic E-state index is 0.0386. The van der Waals surface area contributed by atoms with Crippen LogP contribution in [0, 0.1) is 18.6 Å². The molecule has 0 aliphatic carbocycles. The summed E-state index contributed by atoms with van der Waals surface area (Å²) in [5, 5.41) is 0.345. The van der Waals surface area contributed by atoms with Crippen LogP contribution in [-0.4, -0.2) is 20.4 Å². The Morgan fingerprint density at radius 3 is 1.92 bits per heavy atom. The molecule has 136 valence electrons. The number of aromatic nitrogens is 2. The van der Waals surface area contributed by atoms with Gasteiger partial charge in [0.05, 0.1) is 26.8 Å². The lowest BCUT2D eigenvalue weighted by Crippen LogP contribution is -2.06. The van der Waals surface area contributed by atoms with Crippen molar-refractivity contribution < 1.29 is 13.0 Å². The minimum atomic E-state index is -1.28. The van der Waals surface area contributed by atoms with Crippen LogP contribution in [0.15, 0.2) is 41.4 Å². The fourth-order valence-corrected chi connectivity index (χ4v) is 3.86. The largest absolute Gasteiger partial charge is 0.344 e. The number of aryl methyl sites for hydroxylation is 1. The molecule has 0 fully saturated rings. The zero-order chi connectivity index (χ0) is 19.0. The van der Waals surface area contributed by atoms with Crippen LogP contribution in [0.25, 0.3) is 0 Å². The first-order chi connectivity index (χ1) is 12.3. The van der Waals surface area contributed by atoms with E-state index >= 15 is 0 Å². The zero-order valence-corrected chi connectivity index (χ0v) is 16.1. The van der Waals surface area contributed by atoms with Gasteiger partial charge in [0.2, 0.25) is 0 Å². The Hall–Kier alpha value is -1.76. The molecular weight excluding hydrogens is 401 g/mol. The molecule has 0 aliphatic rings. The van der Waals surface area contributed by atoms with Gasteiger partial charge >= 0.3 is 0 Å². The van der Waals surface area contributed by atoms with Gasteiger partial charge in [-0.25, -0.2) is 13.8 Å². The van der Waals surface area contributed by atoms with E-state index in [-0.39, 0.29) is 10.0 Å². The van der Waals surface area contributed by atoms with E-state index < -0.39 is 28.4 Å². The van der Waals surface area contributed by atoms with Crippen LogP contribution in [-0.2, 0) is 10.8 Å². The van der Waals surface area contributed by atoms with Gasteiger partial charge in [-0.3, -0.25) is 4.21 Å². The zero-order valence-electron chi connectivity index (χ0n) is 13.8. The topological polar surface area (TPSA) is 45.8 Å². The van der Waals surface area contributed by atoms with Gasteiger partial charge in [0.25, 0.3) is 0 Å². The first-order valence-electron chi connectivity index (χ1n) is 7.57. The molecule has 1 heterocycles. The SMILES string of the molecule is Cc1[nH]c(C(c2ccc(F)c(Cl)c2)c2ccc(F)c(Cl)c2)nc1S(C)=O. The molecule has 0 amide bonds. The van der Waals surface area contributed by atoms with Gasteiger partial charge in [0, 0.05) is 11.9 Å². The van der Waals surface area contributed by atoms with Crippen molar-refractivity contribution in [3.05, 3.63) is 80.7 Å². The van der Waals surface area contributed by atoms with Crippen molar-refractivity contribution in [1.82, 2.24) is 9.97 Å². The van der Waals surface area contributed by atoms with Crippen LogP contribution in [0.4, 0.5) is 8.78 Å². The number of hydrogen-bond donors (Lipinski definition) is 1. The summed E-state index contributed by atoms with van der Waals surface area (Å²) >= 11 is 11.9. The van der Waals surface area contributed by atoms with Gasteiger partial charge in [0.1, 0.15) is 22.5 Å². The average molecular weight is 415 g/mol. The van der Waals surface area contributed by atoms with E-state index in [0.717, 1.165) is 0 Å². The lowest BCUT2D eigenvalue weighted by molar-refractivity contribution is 0.626. The molecule has 3 nitrogen and oxygen atoms in total. The maximum atomic E-state index is 13.6. The molecule has 0 bridgehead atoms. The number of H-pyrrole nitrogens is 1. The normalized spacial score (nSPS) is 12.6. The summed E-state index contributed by atoms with van der Waals surface area (Å²) in [5.74, 6) is -1.12. The van der Waals surface area contributed by atoms with Crippen LogP contribution in [0.3, 0.4) is 0 Å². The van der Waals surface area contributed by atoms with E-state index in [4.69, 9.17) is 23.2 Å². The molecule has 1 unspecified atom stereocenters. The molecule has 26 heavy (non-hydrogen) atoms. The number of benzene rings is 2. The maximum Gasteiger partial charge on any atom is 0.148 e. The Morgan fingerprint density at radius 2 is 1.54 bits per heavy atom. The lowest BCUT2D eigenvalue weighted by Gasteiger charge is -2.17. The summed E-state index contributed by atoms with van der Waals surface area (Å²) in [6.07, 6.45) is 1.53. The van der Waals surface area contributed by atoms with Crippen LogP contribution in [0.2, 0.25) is 10.0 Å². The second kappa shape index (κ2) is 7.47. The first-order valence-corrected chi connectivity index (χ1v) is 9.89. The van der Waals surface area contributed by atoms with E-state index in [1.807, 2.05) is 0 Å². The number of nitrogens with one attached hydrogen (secondary N) is 1. The lowest BCUT2D eigenvalue weighted by atomic mass is 9.90. The highest BCUT2D eigenvalue weighted by Gasteiger charge is 2.24. The number of aromatic amines is 1. The molecule has 3 rings (SSSR count). The van der Waals surface area contributed by atoms with Crippen molar-refractivity contribution in [2.75, 3.05) is 6.26 Å². The van der Waals surface area contributed by atoms with Gasteiger partial charge in [-0.15, -0.1) is 0 Å². The molecule has 0 saturated carbocycles. The third-order valence-corrected chi connectivity index (χ3v) is 5.48. The van der Waals surface area contributed by atoms with E-state index in [1.165, 1.54) is 30.5 Å². The average Bonchev–Trinajstić information content (AvgIpc) is 2.96. The number of imidazole rings is 1. The highest BCUT2D eigenvalue weighted by molar-refractivity contribution is 7.84. The summed E-state index contributed by atoms with van der Waals surface area (Å²) < 4.78 is 39.0. The Labute approximate surface area is 161 Å². The van der Waals surface area contributed by atoms with Crippen molar-refractivity contribution in [2.24, 2.45) is 0 Å². The van der Waals surface area contributed by atoms with E-state index in [0.29, 0.717) is 27.7 Å². The summed E-state index contributed by atoms with van der Waals surface area (Å²) in [4.78, 5) is 7.55. The number of rotatable bonds is 4. The van der Waals surface area contributed by atoms with Crippen molar-refractivity contribution in [2.45, 2.75) is 17.9 Å². The molecule has 0 radical (unpaired) electrons. The molecule has 1 N–H and O–H groups in total. The summed E-state index contributed by atoms with van der Waals surface area (Å²) in [6, 6.07) is 8.63. The standard InChI is InChI=1S/C18H14Cl2F2N2OS/c1-9-18(26(2)25)24-17(23-9)16(10-3-5-14(21)12(19)7-10)11-4-6-15(22)13(20)8-11/h3-8,16H,1-2H3,(H,23,24). The molecule has 0 spiro atoms.